The summed E-state index contributed by atoms with van der Waals surface area (Å²) in [5.74, 6) is -0.510. The molecule has 3 amide bonds. The summed E-state index contributed by atoms with van der Waals surface area (Å²) < 4.78 is 38.6. The summed E-state index contributed by atoms with van der Waals surface area (Å²) in [6.07, 6.45) is -4.18. The lowest BCUT2D eigenvalue weighted by Gasteiger charge is -2.25. The molecule has 0 aliphatic carbocycles. The number of nitrogens with one attached hydrogen (secondary N) is 1. The van der Waals surface area contributed by atoms with Crippen molar-refractivity contribution >= 4 is 20.0 Å². The van der Waals surface area contributed by atoms with Crippen molar-refractivity contribution in [1.82, 2.24) is 10.2 Å². The molecule has 0 saturated carbocycles. The van der Waals surface area contributed by atoms with E-state index in [-0.39, 0.29) is 5.56 Å². The third-order valence-corrected chi connectivity index (χ3v) is 4.94. The predicted octanol–water partition coefficient (Wildman–Crippen LogP) is 3.35. The summed E-state index contributed by atoms with van der Waals surface area (Å²) in [6.45, 7) is 7.46. The molecule has 1 aliphatic heterocycles. The second-order valence-corrected chi connectivity index (χ2v) is 12.5. The Labute approximate surface area is 133 Å². The van der Waals surface area contributed by atoms with Gasteiger partial charge in [0.25, 0.3) is 5.91 Å². The van der Waals surface area contributed by atoms with Crippen LogP contribution in [-0.4, -0.2) is 31.1 Å². The maximum absolute atomic E-state index is 12.9. The molecule has 1 N–H and O–H groups in total. The molecule has 0 bridgehead atoms. The van der Waals surface area contributed by atoms with Crippen LogP contribution < -0.4 is 5.32 Å². The number of hydrogen-bond donors (Lipinski definition) is 1. The number of benzene rings is 1. The molecule has 23 heavy (non-hydrogen) atoms. The molecule has 1 aromatic rings. The van der Waals surface area contributed by atoms with Crippen LogP contribution in [0.15, 0.2) is 24.3 Å². The highest BCUT2D eigenvalue weighted by atomic mass is 28.3. The van der Waals surface area contributed by atoms with Crippen LogP contribution in [0, 0.1) is 0 Å². The molecule has 1 heterocycles. The summed E-state index contributed by atoms with van der Waals surface area (Å²) in [5.41, 5.74) is -2.19. The topological polar surface area (TPSA) is 49.4 Å². The lowest BCUT2D eigenvalue weighted by Crippen LogP contribution is -2.45. The first kappa shape index (κ1) is 17.5. The Bertz CT molecular complexity index is 655. The van der Waals surface area contributed by atoms with E-state index in [1.54, 1.807) is 0 Å². The number of amides is 3. The summed E-state index contributed by atoms with van der Waals surface area (Å²) in [5, 5.41) is 2.54. The molecular weight excluding hydrogens is 325 g/mol. The summed E-state index contributed by atoms with van der Waals surface area (Å²) in [4.78, 5) is 25.9. The fraction of sp³-hybridized carbons (Fsp3) is 0.467. The average Bonchev–Trinajstić information content (AvgIpc) is 2.61. The molecular formula is C15H19F3N2O2Si. The molecule has 0 radical (unpaired) electrons. The molecule has 8 heteroatoms. The minimum absolute atomic E-state index is 0.128. The molecule has 0 aromatic heterocycles. The zero-order valence-corrected chi connectivity index (χ0v) is 14.4. The molecule has 4 nitrogen and oxygen atoms in total. The predicted molar refractivity (Wildman–Crippen MR) is 82.4 cm³/mol. The Kier molecular flexibility index (Phi) is 4.09. The minimum atomic E-state index is -4.50. The van der Waals surface area contributed by atoms with Crippen LogP contribution >= 0.6 is 0 Å². The second kappa shape index (κ2) is 5.36. The molecule has 1 aliphatic rings. The number of carbonyl (C=O) groups is 2. The van der Waals surface area contributed by atoms with E-state index in [9.17, 15) is 22.8 Å². The lowest BCUT2D eigenvalue weighted by atomic mass is 9.91. The van der Waals surface area contributed by atoms with E-state index in [4.69, 9.17) is 0 Å². The van der Waals surface area contributed by atoms with Crippen molar-refractivity contribution in [1.29, 1.82) is 0 Å². The van der Waals surface area contributed by atoms with Crippen molar-refractivity contribution in [2.45, 2.75) is 38.3 Å². The van der Waals surface area contributed by atoms with E-state index >= 15 is 0 Å². The van der Waals surface area contributed by atoms with Crippen LogP contribution in [0.25, 0.3) is 0 Å². The fourth-order valence-corrected chi connectivity index (χ4v) is 3.75. The van der Waals surface area contributed by atoms with Crippen LogP contribution in [0.2, 0.25) is 19.6 Å². The van der Waals surface area contributed by atoms with Gasteiger partial charge < -0.3 is 5.32 Å². The Morgan fingerprint density at radius 3 is 2.35 bits per heavy atom. The van der Waals surface area contributed by atoms with Crippen LogP contribution in [0.4, 0.5) is 18.0 Å². The number of alkyl halides is 3. The highest BCUT2D eigenvalue weighted by molar-refractivity contribution is 6.76. The molecule has 1 fully saturated rings. The SMILES string of the molecule is C[C@]1(c2cccc(C(F)(F)F)c2)NC(=O)N(C[Si](C)(C)C)C1=O. The number of carbonyl (C=O) groups excluding carboxylic acids is 2. The standard InChI is InChI=1S/C15H19F3N2O2Si/c1-14(10-6-5-7-11(8-10)15(16,17)18)12(21)20(13(22)19-14)9-23(2,3)4/h5-8H,9H2,1-4H3,(H,19,22)/t14-/m1/s1. The summed E-state index contributed by atoms with van der Waals surface area (Å²) in [7, 11) is -1.75. The Balaban J connectivity index is 2.40. The van der Waals surface area contributed by atoms with Gasteiger partial charge in [-0.25, -0.2) is 4.79 Å². The van der Waals surface area contributed by atoms with Gasteiger partial charge in [-0.3, -0.25) is 9.69 Å². The maximum Gasteiger partial charge on any atom is 0.416 e. The van der Waals surface area contributed by atoms with Crippen molar-refractivity contribution in [2.24, 2.45) is 0 Å². The summed E-state index contributed by atoms with van der Waals surface area (Å²) >= 11 is 0. The van der Waals surface area contributed by atoms with E-state index in [1.807, 2.05) is 19.6 Å². The normalized spacial score (nSPS) is 22.5. The van der Waals surface area contributed by atoms with E-state index < -0.39 is 37.3 Å². The molecule has 0 unspecified atom stereocenters. The van der Waals surface area contributed by atoms with Gasteiger partial charge in [0.05, 0.1) is 13.6 Å². The van der Waals surface area contributed by atoms with Gasteiger partial charge in [0.1, 0.15) is 5.54 Å². The van der Waals surface area contributed by atoms with Gasteiger partial charge in [-0.05, 0) is 24.6 Å². The van der Waals surface area contributed by atoms with Gasteiger partial charge in [0.15, 0.2) is 0 Å². The first-order valence-electron chi connectivity index (χ1n) is 7.16. The zero-order chi connectivity index (χ0) is 17.6. The average molecular weight is 344 g/mol. The molecule has 126 valence electrons. The van der Waals surface area contributed by atoms with E-state index in [2.05, 4.69) is 5.32 Å². The zero-order valence-electron chi connectivity index (χ0n) is 13.4. The van der Waals surface area contributed by atoms with Gasteiger partial charge in [-0.2, -0.15) is 13.2 Å². The van der Waals surface area contributed by atoms with Crippen molar-refractivity contribution < 1.29 is 22.8 Å². The number of hydrogen-bond acceptors (Lipinski definition) is 2. The van der Waals surface area contributed by atoms with Gasteiger partial charge in [-0.1, -0.05) is 31.8 Å². The fourth-order valence-electron chi connectivity index (χ4n) is 2.52. The first-order chi connectivity index (χ1) is 10.3. The molecule has 2 rings (SSSR count). The van der Waals surface area contributed by atoms with Crippen molar-refractivity contribution in [3.05, 3.63) is 35.4 Å². The quantitative estimate of drug-likeness (QED) is 0.675. The number of urea groups is 1. The number of nitrogens with zero attached hydrogens (tertiary/aromatic N) is 1. The van der Waals surface area contributed by atoms with Crippen LogP contribution in [0.3, 0.4) is 0 Å². The van der Waals surface area contributed by atoms with Gasteiger partial charge in [-0.15, -0.1) is 0 Å². The Morgan fingerprint density at radius 1 is 1.22 bits per heavy atom. The molecule has 0 spiro atoms. The molecule has 1 atom stereocenters. The van der Waals surface area contributed by atoms with Crippen molar-refractivity contribution in [2.75, 3.05) is 6.17 Å². The van der Waals surface area contributed by atoms with Crippen LogP contribution in [-0.2, 0) is 16.5 Å². The second-order valence-electron chi connectivity index (χ2n) is 7.09. The molecule has 1 aromatic carbocycles. The minimum Gasteiger partial charge on any atom is -0.319 e. The number of halogens is 3. The van der Waals surface area contributed by atoms with Gasteiger partial charge in [0, 0.05) is 6.17 Å². The first-order valence-corrected chi connectivity index (χ1v) is 10.9. The highest BCUT2D eigenvalue weighted by Crippen LogP contribution is 2.34. The molecule has 1 saturated heterocycles. The Morgan fingerprint density at radius 2 is 1.83 bits per heavy atom. The van der Waals surface area contributed by atoms with Crippen LogP contribution in [0.5, 0.6) is 0 Å². The van der Waals surface area contributed by atoms with Gasteiger partial charge >= 0.3 is 12.2 Å². The van der Waals surface area contributed by atoms with E-state index in [0.717, 1.165) is 17.0 Å². The lowest BCUT2D eigenvalue weighted by molar-refractivity contribution is -0.138. The summed E-state index contributed by atoms with van der Waals surface area (Å²) in [6, 6.07) is 3.96. The van der Waals surface area contributed by atoms with E-state index in [0.29, 0.717) is 6.17 Å². The largest absolute Gasteiger partial charge is 0.416 e. The van der Waals surface area contributed by atoms with Crippen molar-refractivity contribution in [3.63, 3.8) is 0 Å². The number of rotatable bonds is 3. The number of imide groups is 1. The third kappa shape index (κ3) is 3.41. The van der Waals surface area contributed by atoms with Gasteiger partial charge in [0.2, 0.25) is 0 Å². The monoisotopic (exact) mass is 344 g/mol. The Hall–Kier alpha value is -1.83. The van der Waals surface area contributed by atoms with E-state index in [1.165, 1.54) is 19.1 Å². The smallest absolute Gasteiger partial charge is 0.319 e. The third-order valence-electron chi connectivity index (χ3n) is 3.67. The van der Waals surface area contributed by atoms with Crippen molar-refractivity contribution in [3.8, 4) is 0 Å². The van der Waals surface area contributed by atoms with Crippen LogP contribution in [0.1, 0.15) is 18.1 Å². The highest BCUT2D eigenvalue weighted by Gasteiger charge is 2.50. The maximum atomic E-state index is 12.9.